The molecule has 1 N–H and O–H groups in total. The molecule has 0 amide bonds. The van der Waals surface area contributed by atoms with Crippen molar-refractivity contribution in [2.45, 2.75) is 31.8 Å². The Balaban J connectivity index is 2.20. The maximum Gasteiger partial charge on any atom is 0.147 e. The van der Waals surface area contributed by atoms with E-state index in [4.69, 9.17) is 0 Å². The molecule has 0 saturated heterocycles. The SMILES string of the molecule is CS(=O)(=O)CCCC(O)CCc1ccncc1. The molecule has 1 rings (SSSR count). The predicted molar refractivity (Wildman–Crippen MR) is 67.5 cm³/mol. The van der Waals surface area contributed by atoms with Crippen molar-refractivity contribution in [3.05, 3.63) is 30.1 Å². The molecule has 1 heterocycles. The van der Waals surface area contributed by atoms with E-state index in [1.165, 1.54) is 6.26 Å². The Kier molecular flexibility index (Phi) is 5.58. The van der Waals surface area contributed by atoms with Crippen LogP contribution < -0.4 is 0 Å². The first-order chi connectivity index (χ1) is 7.97. The van der Waals surface area contributed by atoms with Crippen molar-refractivity contribution in [3.8, 4) is 0 Å². The summed E-state index contributed by atoms with van der Waals surface area (Å²) in [5.41, 5.74) is 1.14. The van der Waals surface area contributed by atoms with Gasteiger partial charge >= 0.3 is 0 Å². The standard InChI is InChI=1S/C12H19NO3S/c1-17(15,16)10-2-3-12(14)5-4-11-6-8-13-9-7-11/h6-9,12,14H,2-5,10H2,1H3. The number of aromatic nitrogens is 1. The van der Waals surface area contributed by atoms with Gasteiger partial charge in [-0.3, -0.25) is 4.98 Å². The van der Waals surface area contributed by atoms with E-state index in [1.54, 1.807) is 12.4 Å². The van der Waals surface area contributed by atoms with Gasteiger partial charge in [0.1, 0.15) is 9.84 Å². The van der Waals surface area contributed by atoms with Crippen LogP contribution in [0.2, 0.25) is 0 Å². The molecule has 0 bridgehead atoms. The van der Waals surface area contributed by atoms with Crippen LogP contribution in [0.4, 0.5) is 0 Å². The van der Waals surface area contributed by atoms with E-state index in [2.05, 4.69) is 4.98 Å². The number of aliphatic hydroxyl groups is 1. The molecule has 1 aromatic heterocycles. The molecule has 0 fully saturated rings. The lowest BCUT2D eigenvalue weighted by Crippen LogP contribution is -2.11. The van der Waals surface area contributed by atoms with Gasteiger partial charge < -0.3 is 5.11 Å². The second-order valence-corrected chi connectivity index (χ2v) is 6.58. The zero-order valence-corrected chi connectivity index (χ0v) is 10.9. The predicted octanol–water partition coefficient (Wildman–Crippen LogP) is 1.20. The highest BCUT2D eigenvalue weighted by Gasteiger charge is 2.07. The van der Waals surface area contributed by atoms with E-state index in [1.807, 2.05) is 12.1 Å². The maximum atomic E-state index is 10.9. The Labute approximate surface area is 103 Å². The molecule has 17 heavy (non-hydrogen) atoms. The molecule has 0 aliphatic carbocycles. The summed E-state index contributed by atoms with van der Waals surface area (Å²) in [7, 11) is -2.91. The van der Waals surface area contributed by atoms with Crippen LogP contribution in [0.25, 0.3) is 0 Å². The molecule has 0 spiro atoms. The quantitative estimate of drug-likeness (QED) is 0.797. The van der Waals surface area contributed by atoms with Crippen LogP contribution in [0.15, 0.2) is 24.5 Å². The molecule has 0 saturated carbocycles. The highest BCUT2D eigenvalue weighted by Crippen LogP contribution is 2.08. The first kappa shape index (κ1) is 14.1. The first-order valence-electron chi connectivity index (χ1n) is 5.72. The monoisotopic (exact) mass is 257 g/mol. The zero-order chi connectivity index (χ0) is 12.7. The second kappa shape index (κ2) is 6.71. The maximum absolute atomic E-state index is 10.9. The van der Waals surface area contributed by atoms with Gasteiger partial charge in [0.2, 0.25) is 0 Å². The minimum Gasteiger partial charge on any atom is -0.393 e. The Morgan fingerprint density at radius 2 is 1.94 bits per heavy atom. The summed E-state index contributed by atoms with van der Waals surface area (Å²) >= 11 is 0. The van der Waals surface area contributed by atoms with Crippen molar-refractivity contribution in [1.82, 2.24) is 4.98 Å². The van der Waals surface area contributed by atoms with Gasteiger partial charge in [0, 0.05) is 24.4 Å². The normalized spacial score (nSPS) is 13.5. The van der Waals surface area contributed by atoms with Gasteiger partial charge in [-0.25, -0.2) is 8.42 Å². The molecule has 0 radical (unpaired) electrons. The number of hydrogen-bond acceptors (Lipinski definition) is 4. The number of pyridine rings is 1. The fourth-order valence-corrected chi connectivity index (χ4v) is 2.30. The van der Waals surface area contributed by atoms with Gasteiger partial charge in [0.05, 0.1) is 6.10 Å². The van der Waals surface area contributed by atoms with Crippen LogP contribution in [-0.2, 0) is 16.3 Å². The fraction of sp³-hybridized carbons (Fsp3) is 0.583. The Morgan fingerprint density at radius 1 is 1.29 bits per heavy atom. The molecule has 4 nitrogen and oxygen atoms in total. The molecular weight excluding hydrogens is 238 g/mol. The number of rotatable bonds is 7. The van der Waals surface area contributed by atoms with Gasteiger partial charge in [-0.15, -0.1) is 0 Å². The minimum atomic E-state index is -2.91. The van der Waals surface area contributed by atoms with Gasteiger partial charge in [-0.2, -0.15) is 0 Å². The number of hydrogen-bond donors (Lipinski definition) is 1. The van der Waals surface area contributed by atoms with Crippen molar-refractivity contribution < 1.29 is 13.5 Å². The minimum absolute atomic E-state index is 0.152. The summed E-state index contributed by atoms with van der Waals surface area (Å²) in [4.78, 5) is 3.92. The molecule has 0 aromatic carbocycles. The molecule has 5 heteroatoms. The molecule has 1 atom stereocenters. The van der Waals surface area contributed by atoms with Crippen LogP contribution in [-0.4, -0.2) is 36.6 Å². The number of aryl methyl sites for hydroxylation is 1. The van der Waals surface area contributed by atoms with Gasteiger partial charge in [-0.1, -0.05) is 0 Å². The van der Waals surface area contributed by atoms with Crippen LogP contribution >= 0.6 is 0 Å². The summed E-state index contributed by atoms with van der Waals surface area (Å²) in [6.07, 6.45) is 6.77. The Hall–Kier alpha value is -0.940. The van der Waals surface area contributed by atoms with Crippen molar-refractivity contribution >= 4 is 9.84 Å². The van der Waals surface area contributed by atoms with E-state index in [0.717, 1.165) is 12.0 Å². The van der Waals surface area contributed by atoms with Crippen molar-refractivity contribution in [2.24, 2.45) is 0 Å². The Morgan fingerprint density at radius 3 is 2.53 bits per heavy atom. The third-order valence-corrected chi connectivity index (χ3v) is 3.60. The zero-order valence-electron chi connectivity index (χ0n) is 10.0. The van der Waals surface area contributed by atoms with Crippen LogP contribution in [0.1, 0.15) is 24.8 Å². The molecule has 96 valence electrons. The third-order valence-electron chi connectivity index (χ3n) is 2.57. The van der Waals surface area contributed by atoms with E-state index in [9.17, 15) is 13.5 Å². The highest BCUT2D eigenvalue weighted by atomic mass is 32.2. The summed E-state index contributed by atoms with van der Waals surface area (Å²) in [5.74, 6) is 0.152. The summed E-state index contributed by atoms with van der Waals surface area (Å²) in [6.45, 7) is 0. The Bertz CT molecular complexity index is 417. The summed E-state index contributed by atoms with van der Waals surface area (Å²) < 4.78 is 21.8. The average Bonchev–Trinajstić information content (AvgIpc) is 2.26. The summed E-state index contributed by atoms with van der Waals surface area (Å²) in [6, 6.07) is 3.84. The smallest absolute Gasteiger partial charge is 0.147 e. The van der Waals surface area contributed by atoms with Gasteiger partial charge in [0.15, 0.2) is 0 Å². The topological polar surface area (TPSA) is 67.3 Å². The van der Waals surface area contributed by atoms with E-state index in [0.29, 0.717) is 19.3 Å². The van der Waals surface area contributed by atoms with E-state index < -0.39 is 15.9 Å². The van der Waals surface area contributed by atoms with Gasteiger partial charge in [-0.05, 0) is 43.4 Å². The van der Waals surface area contributed by atoms with Gasteiger partial charge in [0.25, 0.3) is 0 Å². The second-order valence-electron chi connectivity index (χ2n) is 4.32. The molecular formula is C12H19NO3S. The number of aliphatic hydroxyl groups excluding tert-OH is 1. The lowest BCUT2D eigenvalue weighted by atomic mass is 10.1. The number of sulfone groups is 1. The summed E-state index contributed by atoms with van der Waals surface area (Å²) in [5, 5.41) is 9.70. The van der Waals surface area contributed by atoms with Crippen LogP contribution in [0.5, 0.6) is 0 Å². The molecule has 0 aliphatic heterocycles. The lowest BCUT2D eigenvalue weighted by Gasteiger charge is -2.09. The van der Waals surface area contributed by atoms with E-state index >= 15 is 0 Å². The van der Waals surface area contributed by atoms with Crippen molar-refractivity contribution in [3.63, 3.8) is 0 Å². The molecule has 0 aliphatic rings. The molecule has 1 aromatic rings. The average molecular weight is 257 g/mol. The van der Waals surface area contributed by atoms with E-state index in [-0.39, 0.29) is 5.75 Å². The van der Waals surface area contributed by atoms with Crippen molar-refractivity contribution in [2.75, 3.05) is 12.0 Å². The largest absolute Gasteiger partial charge is 0.393 e. The lowest BCUT2D eigenvalue weighted by molar-refractivity contribution is 0.154. The highest BCUT2D eigenvalue weighted by molar-refractivity contribution is 7.90. The first-order valence-corrected chi connectivity index (χ1v) is 7.78. The fourth-order valence-electron chi connectivity index (χ4n) is 1.61. The van der Waals surface area contributed by atoms with Crippen LogP contribution in [0, 0.1) is 0 Å². The van der Waals surface area contributed by atoms with Crippen molar-refractivity contribution in [1.29, 1.82) is 0 Å². The molecule has 1 unspecified atom stereocenters. The van der Waals surface area contributed by atoms with Crippen LogP contribution in [0.3, 0.4) is 0 Å². The number of nitrogens with zero attached hydrogens (tertiary/aromatic N) is 1. The third kappa shape index (κ3) is 7.07.